The molecule has 1 aliphatic rings. The Morgan fingerprint density at radius 2 is 2.09 bits per heavy atom. The summed E-state index contributed by atoms with van der Waals surface area (Å²) in [4.78, 5) is 24.6. The van der Waals surface area contributed by atoms with E-state index < -0.39 is 6.29 Å². The van der Waals surface area contributed by atoms with E-state index in [4.69, 9.17) is 9.47 Å². The zero-order chi connectivity index (χ0) is 15.9. The van der Waals surface area contributed by atoms with Crippen molar-refractivity contribution in [3.8, 4) is 0 Å². The molecule has 1 aliphatic heterocycles. The van der Waals surface area contributed by atoms with E-state index >= 15 is 0 Å². The molecule has 120 valence electrons. The minimum Gasteiger partial charge on any atom is -0.351 e. The number of anilines is 1. The molecule has 2 N–H and O–H groups in total. The molecule has 1 aromatic carbocycles. The van der Waals surface area contributed by atoms with Crippen LogP contribution < -0.4 is 10.6 Å². The van der Waals surface area contributed by atoms with E-state index in [0.717, 1.165) is 4.90 Å². The van der Waals surface area contributed by atoms with Crippen molar-refractivity contribution in [3.63, 3.8) is 0 Å². The molecule has 22 heavy (non-hydrogen) atoms. The largest absolute Gasteiger partial charge is 0.351 e. The number of carbonyl (C=O) groups excluding carboxylic acids is 2. The van der Waals surface area contributed by atoms with Crippen LogP contribution in [0.15, 0.2) is 23.1 Å². The number of amides is 2. The number of thioether (sulfide) groups is 1. The van der Waals surface area contributed by atoms with Crippen LogP contribution in [0.1, 0.15) is 24.2 Å². The average molecular weight is 324 g/mol. The van der Waals surface area contributed by atoms with Crippen molar-refractivity contribution in [1.29, 1.82) is 0 Å². The normalized spacial score (nSPS) is 13.7. The second kappa shape index (κ2) is 8.17. The number of ether oxygens (including phenoxy) is 2. The molecule has 1 aromatic rings. The van der Waals surface area contributed by atoms with Crippen LogP contribution >= 0.6 is 11.8 Å². The fourth-order valence-electron chi connectivity index (χ4n) is 2.04. The summed E-state index contributed by atoms with van der Waals surface area (Å²) in [6, 6.07) is 5.27. The summed E-state index contributed by atoms with van der Waals surface area (Å²) in [7, 11) is 0. The van der Waals surface area contributed by atoms with Gasteiger partial charge in [-0.05, 0) is 32.0 Å². The Labute approximate surface area is 133 Å². The maximum Gasteiger partial charge on any atom is 0.251 e. The Morgan fingerprint density at radius 1 is 1.36 bits per heavy atom. The third-order valence-corrected chi connectivity index (χ3v) is 4.08. The van der Waals surface area contributed by atoms with Gasteiger partial charge < -0.3 is 20.1 Å². The highest BCUT2D eigenvalue weighted by Crippen LogP contribution is 2.31. The van der Waals surface area contributed by atoms with Crippen molar-refractivity contribution in [2.24, 2.45) is 0 Å². The zero-order valence-electron chi connectivity index (χ0n) is 12.7. The molecule has 0 bridgehead atoms. The van der Waals surface area contributed by atoms with Crippen LogP contribution in [0.5, 0.6) is 0 Å². The van der Waals surface area contributed by atoms with E-state index in [0.29, 0.717) is 30.2 Å². The SMILES string of the molecule is CCOC(CNC(=O)c1ccc2c(c1)NC(=O)CS2)OCC. The van der Waals surface area contributed by atoms with Gasteiger partial charge in [-0.1, -0.05) is 0 Å². The Morgan fingerprint density at radius 3 is 2.77 bits per heavy atom. The van der Waals surface area contributed by atoms with Crippen molar-refractivity contribution in [1.82, 2.24) is 5.32 Å². The summed E-state index contributed by atoms with van der Waals surface area (Å²) in [6.45, 7) is 5.05. The van der Waals surface area contributed by atoms with Gasteiger partial charge in [-0.3, -0.25) is 9.59 Å². The lowest BCUT2D eigenvalue weighted by molar-refractivity contribution is -0.131. The molecule has 0 aromatic heterocycles. The predicted octanol–water partition coefficient (Wildman–Crippen LogP) is 1.86. The molecule has 0 spiro atoms. The van der Waals surface area contributed by atoms with Crippen LogP contribution in [-0.4, -0.2) is 43.6 Å². The number of hydrogen-bond donors (Lipinski definition) is 2. The van der Waals surface area contributed by atoms with E-state index in [2.05, 4.69) is 10.6 Å². The summed E-state index contributed by atoms with van der Waals surface area (Å²) >= 11 is 1.46. The molecule has 0 fully saturated rings. The summed E-state index contributed by atoms with van der Waals surface area (Å²) in [5.41, 5.74) is 1.17. The topological polar surface area (TPSA) is 76.7 Å². The molecule has 0 unspecified atom stereocenters. The minimum atomic E-state index is -0.452. The van der Waals surface area contributed by atoms with Gasteiger partial charge >= 0.3 is 0 Å². The minimum absolute atomic E-state index is 0.0530. The van der Waals surface area contributed by atoms with Crippen molar-refractivity contribution < 1.29 is 19.1 Å². The molecule has 0 aliphatic carbocycles. The maximum absolute atomic E-state index is 12.2. The molecule has 6 nitrogen and oxygen atoms in total. The van der Waals surface area contributed by atoms with Crippen molar-refractivity contribution in [2.75, 3.05) is 30.8 Å². The zero-order valence-corrected chi connectivity index (χ0v) is 13.5. The van der Waals surface area contributed by atoms with Crippen LogP contribution in [0, 0.1) is 0 Å². The number of nitrogens with one attached hydrogen (secondary N) is 2. The smallest absolute Gasteiger partial charge is 0.251 e. The Bertz CT molecular complexity index is 544. The van der Waals surface area contributed by atoms with Crippen LogP contribution in [0.4, 0.5) is 5.69 Å². The Hall–Kier alpha value is -1.57. The highest BCUT2D eigenvalue weighted by molar-refractivity contribution is 8.00. The number of hydrogen-bond acceptors (Lipinski definition) is 5. The monoisotopic (exact) mass is 324 g/mol. The number of fused-ring (bicyclic) bond motifs is 1. The highest BCUT2D eigenvalue weighted by atomic mass is 32.2. The van der Waals surface area contributed by atoms with Gasteiger partial charge in [0.1, 0.15) is 0 Å². The fraction of sp³-hybridized carbons (Fsp3) is 0.467. The Kier molecular flexibility index (Phi) is 6.23. The van der Waals surface area contributed by atoms with E-state index in [1.165, 1.54) is 11.8 Å². The average Bonchev–Trinajstić information content (AvgIpc) is 2.52. The van der Waals surface area contributed by atoms with Crippen molar-refractivity contribution in [3.05, 3.63) is 23.8 Å². The molecule has 0 saturated carbocycles. The number of rotatable bonds is 7. The molecule has 0 atom stereocenters. The second-order valence-electron chi connectivity index (χ2n) is 4.60. The van der Waals surface area contributed by atoms with Crippen molar-refractivity contribution in [2.45, 2.75) is 25.0 Å². The van der Waals surface area contributed by atoms with Gasteiger partial charge in [0.15, 0.2) is 6.29 Å². The molecule has 0 radical (unpaired) electrons. The molecule has 2 rings (SSSR count). The molecule has 2 amide bonds. The first kappa shape index (κ1) is 16.8. The first-order valence-electron chi connectivity index (χ1n) is 7.22. The van der Waals surface area contributed by atoms with Gasteiger partial charge in [-0.15, -0.1) is 11.8 Å². The summed E-state index contributed by atoms with van der Waals surface area (Å²) in [5.74, 6) is 0.128. The molecular formula is C15H20N2O4S. The van der Waals surface area contributed by atoms with Gasteiger partial charge in [0.25, 0.3) is 5.91 Å². The molecular weight excluding hydrogens is 304 g/mol. The van der Waals surface area contributed by atoms with E-state index in [9.17, 15) is 9.59 Å². The van der Waals surface area contributed by atoms with Crippen molar-refractivity contribution >= 4 is 29.3 Å². The second-order valence-corrected chi connectivity index (χ2v) is 5.62. The molecule has 0 saturated heterocycles. The number of carbonyl (C=O) groups is 2. The molecule has 1 heterocycles. The van der Waals surface area contributed by atoms with Crippen LogP contribution in [0.3, 0.4) is 0 Å². The lowest BCUT2D eigenvalue weighted by Crippen LogP contribution is -2.35. The van der Waals surface area contributed by atoms with Gasteiger partial charge in [0.2, 0.25) is 5.91 Å². The van der Waals surface area contributed by atoms with Gasteiger partial charge in [-0.25, -0.2) is 0 Å². The van der Waals surface area contributed by atoms with E-state index in [1.54, 1.807) is 12.1 Å². The first-order valence-corrected chi connectivity index (χ1v) is 8.20. The predicted molar refractivity (Wildman–Crippen MR) is 85.2 cm³/mol. The maximum atomic E-state index is 12.2. The highest BCUT2D eigenvalue weighted by Gasteiger charge is 2.18. The van der Waals surface area contributed by atoms with Gasteiger partial charge in [0, 0.05) is 23.7 Å². The Balaban J connectivity index is 1.97. The lowest BCUT2D eigenvalue weighted by atomic mass is 10.2. The first-order chi connectivity index (χ1) is 10.6. The summed E-state index contributed by atoms with van der Waals surface area (Å²) in [6.07, 6.45) is -0.452. The van der Waals surface area contributed by atoms with Crippen LogP contribution in [0.25, 0.3) is 0 Å². The third-order valence-electron chi connectivity index (χ3n) is 3.01. The van der Waals surface area contributed by atoms with Crippen LogP contribution in [-0.2, 0) is 14.3 Å². The standard InChI is InChI=1S/C15H20N2O4S/c1-3-20-14(21-4-2)8-16-15(19)10-5-6-12-11(7-10)17-13(18)9-22-12/h5-7,14H,3-4,8-9H2,1-2H3,(H,16,19)(H,17,18). The third kappa shape index (κ3) is 4.46. The lowest BCUT2D eigenvalue weighted by Gasteiger charge is -2.19. The van der Waals surface area contributed by atoms with E-state index in [-0.39, 0.29) is 18.4 Å². The van der Waals surface area contributed by atoms with E-state index in [1.807, 2.05) is 19.9 Å². The summed E-state index contributed by atoms with van der Waals surface area (Å²) in [5, 5.41) is 5.55. The fourth-order valence-corrected chi connectivity index (χ4v) is 2.83. The van der Waals surface area contributed by atoms with Gasteiger partial charge in [-0.2, -0.15) is 0 Å². The van der Waals surface area contributed by atoms with Crippen LogP contribution in [0.2, 0.25) is 0 Å². The summed E-state index contributed by atoms with van der Waals surface area (Å²) < 4.78 is 10.8. The molecule has 7 heteroatoms. The number of benzene rings is 1. The van der Waals surface area contributed by atoms with Gasteiger partial charge in [0.05, 0.1) is 18.0 Å². The quantitative estimate of drug-likeness (QED) is 0.749.